The minimum Gasteiger partial charge on any atom is -0.466 e. The van der Waals surface area contributed by atoms with Crippen LogP contribution in [0.1, 0.15) is 26.2 Å². The Morgan fingerprint density at radius 2 is 1.92 bits per heavy atom. The van der Waals surface area contributed by atoms with E-state index in [0.29, 0.717) is 39.3 Å². The normalized spacial score (nSPS) is 23.3. The first-order valence-corrected chi connectivity index (χ1v) is 9.23. The summed E-state index contributed by atoms with van der Waals surface area (Å²) in [5.41, 5.74) is 0. The van der Waals surface area contributed by atoms with Gasteiger partial charge >= 0.3 is 12.1 Å². The summed E-state index contributed by atoms with van der Waals surface area (Å²) in [5.74, 6) is 0.744. The number of hydrogen-bond acceptors (Lipinski definition) is 4. The average molecular weight is 378 g/mol. The highest BCUT2D eigenvalue weighted by Crippen LogP contribution is 2.23. The SMILES string of the molecule is CCOC(=O)C1CCN(C(=NC)NCC2CCN(CC(F)(F)F)C2)CC1. The summed E-state index contributed by atoms with van der Waals surface area (Å²) in [6.45, 7) is 4.34. The van der Waals surface area contributed by atoms with Gasteiger partial charge in [0.1, 0.15) is 0 Å². The molecule has 0 bridgehead atoms. The van der Waals surface area contributed by atoms with Crippen molar-refractivity contribution in [3.8, 4) is 0 Å². The minimum absolute atomic E-state index is 0.0601. The quantitative estimate of drug-likeness (QED) is 0.449. The lowest BCUT2D eigenvalue weighted by molar-refractivity contribution is -0.149. The van der Waals surface area contributed by atoms with Gasteiger partial charge in [0.15, 0.2) is 5.96 Å². The number of piperidine rings is 1. The second-order valence-electron chi connectivity index (χ2n) is 6.95. The van der Waals surface area contributed by atoms with Crippen LogP contribution in [-0.4, -0.2) is 80.8 Å². The monoisotopic (exact) mass is 378 g/mol. The highest BCUT2D eigenvalue weighted by atomic mass is 19.4. The van der Waals surface area contributed by atoms with Crippen molar-refractivity contribution in [3.63, 3.8) is 0 Å². The van der Waals surface area contributed by atoms with E-state index < -0.39 is 12.7 Å². The Labute approximate surface area is 152 Å². The number of hydrogen-bond donors (Lipinski definition) is 1. The number of esters is 1. The summed E-state index contributed by atoms with van der Waals surface area (Å²) in [6, 6.07) is 0. The Balaban J connectivity index is 1.73. The van der Waals surface area contributed by atoms with E-state index in [2.05, 4.69) is 15.2 Å². The number of nitrogens with one attached hydrogen (secondary N) is 1. The van der Waals surface area contributed by atoms with Gasteiger partial charge in [0, 0.05) is 33.2 Å². The van der Waals surface area contributed by atoms with E-state index >= 15 is 0 Å². The van der Waals surface area contributed by atoms with Crippen molar-refractivity contribution >= 4 is 11.9 Å². The standard InChI is InChI=1S/C17H29F3N4O2/c1-3-26-15(25)14-5-8-24(9-6-14)16(21-2)22-10-13-4-7-23(11-13)12-17(18,19)20/h13-14H,3-12H2,1-2H3,(H,21,22). The van der Waals surface area contributed by atoms with Crippen molar-refractivity contribution in [1.82, 2.24) is 15.1 Å². The molecule has 1 atom stereocenters. The van der Waals surface area contributed by atoms with E-state index in [1.54, 1.807) is 14.0 Å². The number of aliphatic imine (C=N–C) groups is 1. The molecule has 1 unspecified atom stereocenters. The number of nitrogens with zero attached hydrogens (tertiary/aromatic N) is 3. The Morgan fingerprint density at radius 1 is 1.23 bits per heavy atom. The molecule has 150 valence electrons. The first-order valence-electron chi connectivity index (χ1n) is 9.23. The molecule has 0 aliphatic carbocycles. The molecule has 6 nitrogen and oxygen atoms in total. The van der Waals surface area contributed by atoms with Crippen molar-refractivity contribution in [2.45, 2.75) is 32.4 Å². The number of likely N-dealkylation sites (tertiary alicyclic amines) is 2. The van der Waals surface area contributed by atoms with Crippen LogP contribution in [0.25, 0.3) is 0 Å². The number of ether oxygens (including phenoxy) is 1. The molecule has 0 saturated carbocycles. The molecule has 26 heavy (non-hydrogen) atoms. The number of alkyl halides is 3. The molecule has 2 aliphatic heterocycles. The molecule has 0 aromatic rings. The predicted molar refractivity (Wildman–Crippen MR) is 92.9 cm³/mol. The fourth-order valence-corrected chi connectivity index (χ4v) is 3.63. The summed E-state index contributed by atoms with van der Waals surface area (Å²) in [7, 11) is 1.70. The predicted octanol–water partition coefficient (Wildman–Crippen LogP) is 1.72. The van der Waals surface area contributed by atoms with Crippen LogP contribution in [-0.2, 0) is 9.53 Å². The Bertz CT molecular complexity index is 491. The van der Waals surface area contributed by atoms with Crippen molar-refractivity contribution in [3.05, 3.63) is 0 Å². The number of halogens is 3. The van der Waals surface area contributed by atoms with Gasteiger partial charge in [-0.1, -0.05) is 0 Å². The second-order valence-corrected chi connectivity index (χ2v) is 6.95. The van der Waals surface area contributed by atoms with Gasteiger partial charge in [-0.05, 0) is 38.6 Å². The molecular weight excluding hydrogens is 349 g/mol. The molecule has 2 aliphatic rings. The van der Waals surface area contributed by atoms with Gasteiger partial charge in [-0.3, -0.25) is 14.7 Å². The Kier molecular flexibility index (Phi) is 7.55. The van der Waals surface area contributed by atoms with E-state index in [0.717, 1.165) is 25.2 Å². The lowest BCUT2D eigenvalue weighted by Crippen LogP contribution is -2.48. The number of carbonyl (C=O) groups excluding carboxylic acids is 1. The molecule has 9 heteroatoms. The summed E-state index contributed by atoms with van der Waals surface area (Å²) in [4.78, 5) is 19.6. The molecule has 0 amide bonds. The molecule has 2 saturated heterocycles. The third-order valence-electron chi connectivity index (χ3n) is 4.95. The van der Waals surface area contributed by atoms with Crippen LogP contribution in [0.2, 0.25) is 0 Å². The van der Waals surface area contributed by atoms with Gasteiger partial charge in [0.05, 0.1) is 19.1 Å². The van der Waals surface area contributed by atoms with Crippen molar-refractivity contribution in [1.29, 1.82) is 0 Å². The Hall–Kier alpha value is -1.51. The molecule has 0 spiro atoms. The smallest absolute Gasteiger partial charge is 0.401 e. The highest BCUT2D eigenvalue weighted by Gasteiger charge is 2.34. The van der Waals surface area contributed by atoms with Crippen LogP contribution in [0.4, 0.5) is 13.2 Å². The minimum atomic E-state index is -4.14. The van der Waals surface area contributed by atoms with Gasteiger partial charge in [0.2, 0.25) is 0 Å². The summed E-state index contributed by atoms with van der Waals surface area (Å²) in [5, 5.41) is 3.29. The average Bonchev–Trinajstić information content (AvgIpc) is 3.01. The molecule has 2 fully saturated rings. The van der Waals surface area contributed by atoms with Crippen LogP contribution in [0.3, 0.4) is 0 Å². The summed E-state index contributed by atoms with van der Waals surface area (Å²) >= 11 is 0. The zero-order chi connectivity index (χ0) is 19.2. The lowest BCUT2D eigenvalue weighted by atomic mass is 9.97. The maximum Gasteiger partial charge on any atom is 0.401 e. The van der Waals surface area contributed by atoms with Gasteiger partial charge in [-0.2, -0.15) is 13.2 Å². The van der Waals surface area contributed by atoms with E-state index in [9.17, 15) is 18.0 Å². The Morgan fingerprint density at radius 3 is 2.50 bits per heavy atom. The fourth-order valence-electron chi connectivity index (χ4n) is 3.63. The van der Waals surface area contributed by atoms with Crippen LogP contribution in [0.15, 0.2) is 4.99 Å². The van der Waals surface area contributed by atoms with E-state index in [-0.39, 0.29) is 17.8 Å². The first kappa shape index (κ1) is 20.8. The zero-order valence-corrected chi connectivity index (χ0v) is 15.5. The second kappa shape index (κ2) is 9.43. The topological polar surface area (TPSA) is 57.2 Å². The van der Waals surface area contributed by atoms with E-state index in [4.69, 9.17) is 4.74 Å². The third-order valence-corrected chi connectivity index (χ3v) is 4.95. The zero-order valence-electron chi connectivity index (χ0n) is 15.5. The molecule has 2 rings (SSSR count). The fraction of sp³-hybridized carbons (Fsp3) is 0.882. The highest BCUT2D eigenvalue weighted by molar-refractivity contribution is 5.80. The van der Waals surface area contributed by atoms with Crippen LogP contribution >= 0.6 is 0 Å². The third kappa shape index (κ3) is 6.34. The lowest BCUT2D eigenvalue weighted by Gasteiger charge is -2.33. The van der Waals surface area contributed by atoms with Gasteiger partial charge in [-0.15, -0.1) is 0 Å². The summed E-state index contributed by atoms with van der Waals surface area (Å²) in [6.07, 6.45) is -1.93. The van der Waals surface area contributed by atoms with Gasteiger partial charge in [-0.25, -0.2) is 0 Å². The largest absolute Gasteiger partial charge is 0.466 e. The van der Waals surface area contributed by atoms with Crippen molar-refractivity contribution in [2.75, 3.05) is 52.9 Å². The number of guanidine groups is 1. The van der Waals surface area contributed by atoms with Crippen LogP contribution in [0, 0.1) is 11.8 Å². The molecule has 2 heterocycles. The maximum absolute atomic E-state index is 12.5. The summed E-state index contributed by atoms with van der Waals surface area (Å²) < 4.78 is 42.5. The molecule has 1 N–H and O–H groups in total. The van der Waals surface area contributed by atoms with Crippen LogP contribution < -0.4 is 5.32 Å². The number of carbonyl (C=O) groups is 1. The van der Waals surface area contributed by atoms with Crippen molar-refractivity contribution in [2.24, 2.45) is 16.8 Å². The molecule has 0 aromatic carbocycles. The van der Waals surface area contributed by atoms with Gasteiger partial charge < -0.3 is 15.0 Å². The molecule has 0 radical (unpaired) electrons. The molecular formula is C17H29F3N4O2. The van der Waals surface area contributed by atoms with Crippen molar-refractivity contribution < 1.29 is 22.7 Å². The molecule has 0 aromatic heterocycles. The maximum atomic E-state index is 12.5. The van der Waals surface area contributed by atoms with Crippen LogP contribution in [0.5, 0.6) is 0 Å². The van der Waals surface area contributed by atoms with Gasteiger partial charge in [0.25, 0.3) is 0 Å². The van der Waals surface area contributed by atoms with E-state index in [1.165, 1.54) is 4.90 Å². The first-order chi connectivity index (χ1) is 12.3. The van der Waals surface area contributed by atoms with E-state index in [1.807, 2.05) is 0 Å². The number of rotatable bonds is 5.